The third-order valence-corrected chi connectivity index (χ3v) is 1.28. The molecule has 58 valence electrons. The molecule has 0 saturated heterocycles. The first-order valence-corrected chi connectivity index (χ1v) is 3.01. The van der Waals surface area contributed by atoms with Gasteiger partial charge >= 0.3 is 0 Å². The molecule has 11 heavy (non-hydrogen) atoms. The van der Waals surface area contributed by atoms with Gasteiger partial charge in [0.15, 0.2) is 0 Å². The Bertz CT molecular complexity index is 294. The summed E-state index contributed by atoms with van der Waals surface area (Å²) in [6, 6.07) is 3.16. The molecule has 3 heteroatoms. The Balaban J connectivity index is 3.20. The molecule has 0 unspecified atom stereocenters. The van der Waals surface area contributed by atoms with Crippen molar-refractivity contribution in [3.05, 3.63) is 42.0 Å². The van der Waals surface area contributed by atoms with E-state index in [4.69, 9.17) is 5.73 Å². The van der Waals surface area contributed by atoms with E-state index < -0.39 is 11.6 Å². The van der Waals surface area contributed by atoms with Crippen molar-refractivity contribution in [2.45, 2.75) is 0 Å². The molecule has 1 rings (SSSR count). The molecule has 0 saturated carbocycles. The van der Waals surface area contributed by atoms with E-state index in [-0.39, 0.29) is 11.3 Å². The molecule has 0 radical (unpaired) electrons. The van der Waals surface area contributed by atoms with Crippen LogP contribution >= 0.6 is 0 Å². The predicted octanol–water partition coefficient (Wildman–Crippen LogP) is 1.89. The maximum absolute atomic E-state index is 12.7. The van der Waals surface area contributed by atoms with E-state index in [1.54, 1.807) is 0 Å². The summed E-state index contributed by atoms with van der Waals surface area (Å²) in [5.41, 5.74) is 5.45. The Kier molecular flexibility index (Phi) is 1.89. The molecule has 0 spiro atoms. The van der Waals surface area contributed by atoms with Crippen LogP contribution in [0.3, 0.4) is 0 Å². The summed E-state index contributed by atoms with van der Waals surface area (Å²) in [5.74, 6) is -1.30. The predicted molar refractivity (Wildman–Crippen MR) is 39.6 cm³/mol. The highest BCUT2D eigenvalue weighted by atomic mass is 19.1. The molecular formula is C8H7F2N. The number of hydrogen-bond donors (Lipinski definition) is 1. The fraction of sp³-hybridized carbons (Fsp3) is 0. The second-order valence-electron chi connectivity index (χ2n) is 2.15. The fourth-order valence-electron chi connectivity index (χ4n) is 0.750. The molecule has 2 N–H and O–H groups in total. The van der Waals surface area contributed by atoms with Gasteiger partial charge in [-0.25, -0.2) is 8.78 Å². The Morgan fingerprint density at radius 2 is 2.00 bits per heavy atom. The van der Waals surface area contributed by atoms with E-state index in [1.165, 1.54) is 6.07 Å². The van der Waals surface area contributed by atoms with Crippen molar-refractivity contribution < 1.29 is 8.78 Å². The third-order valence-electron chi connectivity index (χ3n) is 1.28. The lowest BCUT2D eigenvalue weighted by atomic mass is 10.1. The van der Waals surface area contributed by atoms with Crippen LogP contribution in [0.5, 0.6) is 0 Å². The SMILES string of the molecule is C=C(N)c1ccc(F)cc1F. The van der Waals surface area contributed by atoms with Gasteiger partial charge in [0.05, 0.1) is 0 Å². The van der Waals surface area contributed by atoms with E-state index in [9.17, 15) is 8.78 Å². The summed E-state index contributed by atoms with van der Waals surface area (Å²) in [5, 5.41) is 0. The zero-order valence-electron chi connectivity index (χ0n) is 5.77. The zero-order valence-corrected chi connectivity index (χ0v) is 5.77. The minimum absolute atomic E-state index is 0.0995. The van der Waals surface area contributed by atoms with Gasteiger partial charge in [-0.1, -0.05) is 6.58 Å². The topological polar surface area (TPSA) is 26.0 Å². The number of halogens is 2. The van der Waals surface area contributed by atoms with Crippen LogP contribution in [-0.4, -0.2) is 0 Å². The molecule has 0 amide bonds. The van der Waals surface area contributed by atoms with Crippen LogP contribution in [0.15, 0.2) is 24.8 Å². The van der Waals surface area contributed by atoms with Gasteiger partial charge in [0, 0.05) is 17.3 Å². The normalized spacial score (nSPS) is 9.64. The van der Waals surface area contributed by atoms with Crippen molar-refractivity contribution in [1.29, 1.82) is 0 Å². The van der Waals surface area contributed by atoms with Crippen molar-refractivity contribution in [3.63, 3.8) is 0 Å². The van der Waals surface area contributed by atoms with Crippen LogP contribution in [-0.2, 0) is 0 Å². The molecule has 1 aromatic carbocycles. The molecule has 0 atom stereocenters. The smallest absolute Gasteiger partial charge is 0.135 e. The Labute approximate surface area is 63.1 Å². The second kappa shape index (κ2) is 2.70. The van der Waals surface area contributed by atoms with Crippen LogP contribution in [0.1, 0.15) is 5.56 Å². The van der Waals surface area contributed by atoms with Crippen molar-refractivity contribution in [1.82, 2.24) is 0 Å². The first kappa shape index (κ1) is 7.72. The van der Waals surface area contributed by atoms with Crippen LogP contribution in [0.4, 0.5) is 8.78 Å². The summed E-state index contributed by atoms with van der Waals surface area (Å²) >= 11 is 0. The lowest BCUT2D eigenvalue weighted by Gasteiger charge is -2.00. The van der Waals surface area contributed by atoms with Crippen molar-refractivity contribution in [2.24, 2.45) is 5.73 Å². The largest absolute Gasteiger partial charge is 0.399 e. The first-order chi connectivity index (χ1) is 5.11. The molecule has 1 nitrogen and oxygen atoms in total. The second-order valence-corrected chi connectivity index (χ2v) is 2.15. The molecule has 0 aliphatic carbocycles. The lowest BCUT2D eigenvalue weighted by Crippen LogP contribution is -1.97. The van der Waals surface area contributed by atoms with E-state index >= 15 is 0 Å². The molecule has 1 aromatic rings. The highest BCUT2D eigenvalue weighted by Crippen LogP contribution is 2.13. The highest BCUT2D eigenvalue weighted by molar-refractivity contribution is 5.60. The van der Waals surface area contributed by atoms with Crippen molar-refractivity contribution in [3.8, 4) is 0 Å². The van der Waals surface area contributed by atoms with E-state index in [0.29, 0.717) is 0 Å². The summed E-state index contributed by atoms with van der Waals surface area (Å²) in [6.07, 6.45) is 0. The van der Waals surface area contributed by atoms with Crippen molar-refractivity contribution in [2.75, 3.05) is 0 Å². The first-order valence-electron chi connectivity index (χ1n) is 3.01. The van der Waals surface area contributed by atoms with Crippen LogP contribution in [0.25, 0.3) is 5.70 Å². The maximum Gasteiger partial charge on any atom is 0.135 e. The Morgan fingerprint density at radius 1 is 1.36 bits per heavy atom. The minimum atomic E-state index is -0.683. The monoisotopic (exact) mass is 155 g/mol. The molecule has 0 aliphatic rings. The summed E-state index contributed by atoms with van der Waals surface area (Å²) in [7, 11) is 0. The van der Waals surface area contributed by atoms with E-state index in [1.807, 2.05) is 0 Å². The molecule has 0 heterocycles. The van der Waals surface area contributed by atoms with Gasteiger partial charge < -0.3 is 5.73 Å². The van der Waals surface area contributed by atoms with Crippen molar-refractivity contribution >= 4 is 5.70 Å². The average Bonchev–Trinajstić information content (AvgIpc) is 1.85. The molecule has 0 fully saturated rings. The molecule has 0 aliphatic heterocycles. The maximum atomic E-state index is 12.7. The summed E-state index contributed by atoms with van der Waals surface area (Å²) in [4.78, 5) is 0. The van der Waals surface area contributed by atoms with Gasteiger partial charge in [-0.3, -0.25) is 0 Å². The highest BCUT2D eigenvalue weighted by Gasteiger charge is 2.03. The number of rotatable bonds is 1. The molecule has 0 bridgehead atoms. The van der Waals surface area contributed by atoms with E-state index in [2.05, 4.69) is 6.58 Å². The van der Waals surface area contributed by atoms with Gasteiger partial charge in [0.2, 0.25) is 0 Å². The Hall–Kier alpha value is -1.38. The van der Waals surface area contributed by atoms with Crippen LogP contribution < -0.4 is 5.73 Å². The molecular weight excluding hydrogens is 148 g/mol. The fourth-order valence-corrected chi connectivity index (χ4v) is 0.750. The standard InChI is InChI=1S/C8H7F2N/c1-5(11)7-3-2-6(9)4-8(7)10/h2-4H,1,11H2. The Morgan fingerprint density at radius 3 is 2.45 bits per heavy atom. The van der Waals surface area contributed by atoms with Crippen LogP contribution in [0, 0.1) is 11.6 Å². The summed E-state index contributed by atoms with van der Waals surface area (Å²) < 4.78 is 25.0. The molecule has 0 aromatic heterocycles. The average molecular weight is 155 g/mol. The number of benzene rings is 1. The lowest BCUT2D eigenvalue weighted by molar-refractivity contribution is 0.581. The quantitative estimate of drug-likeness (QED) is 0.658. The van der Waals surface area contributed by atoms with Gasteiger partial charge in [-0.2, -0.15) is 0 Å². The third kappa shape index (κ3) is 1.55. The zero-order chi connectivity index (χ0) is 8.43. The minimum Gasteiger partial charge on any atom is -0.399 e. The van der Waals surface area contributed by atoms with E-state index in [0.717, 1.165) is 12.1 Å². The van der Waals surface area contributed by atoms with Gasteiger partial charge in [0.25, 0.3) is 0 Å². The van der Waals surface area contributed by atoms with Crippen LogP contribution in [0.2, 0.25) is 0 Å². The summed E-state index contributed by atoms with van der Waals surface area (Å²) in [6.45, 7) is 3.33. The number of nitrogens with two attached hydrogens (primary N) is 1. The van der Waals surface area contributed by atoms with Gasteiger partial charge in [-0.15, -0.1) is 0 Å². The van der Waals surface area contributed by atoms with Gasteiger partial charge in [0.1, 0.15) is 11.6 Å². The number of hydrogen-bond acceptors (Lipinski definition) is 1. The van der Waals surface area contributed by atoms with Gasteiger partial charge in [-0.05, 0) is 12.1 Å².